The number of halogens is 3. The second-order valence-corrected chi connectivity index (χ2v) is 6.47. The molecule has 7 heteroatoms. The van der Waals surface area contributed by atoms with E-state index in [1.165, 1.54) is 12.1 Å². The summed E-state index contributed by atoms with van der Waals surface area (Å²) in [4.78, 5) is 23.3. The molecule has 0 spiro atoms. The third kappa shape index (κ3) is 7.42. The lowest BCUT2D eigenvalue weighted by atomic mass is 10.1. The van der Waals surface area contributed by atoms with Gasteiger partial charge in [-0.1, -0.05) is 55.1 Å². The number of rotatable bonds is 8. The van der Waals surface area contributed by atoms with Crippen molar-refractivity contribution < 1.29 is 19.1 Å². The van der Waals surface area contributed by atoms with Crippen LogP contribution in [0.3, 0.4) is 0 Å². The first-order valence-electron chi connectivity index (χ1n) is 7.34. The van der Waals surface area contributed by atoms with Gasteiger partial charge in [0.05, 0.1) is 16.7 Å². The van der Waals surface area contributed by atoms with E-state index in [1.807, 2.05) is 13.8 Å². The van der Waals surface area contributed by atoms with Crippen LogP contribution in [0.4, 0.5) is 0 Å². The van der Waals surface area contributed by atoms with Crippen molar-refractivity contribution in [3.8, 4) is 5.75 Å². The number of benzene rings is 1. The molecular weight excluding hydrogens is 363 g/mol. The molecule has 0 saturated heterocycles. The van der Waals surface area contributed by atoms with Crippen LogP contribution in [0.1, 0.15) is 39.5 Å². The maximum atomic E-state index is 11.8. The lowest BCUT2D eigenvalue weighted by Gasteiger charge is -2.10. The summed E-state index contributed by atoms with van der Waals surface area (Å²) in [5, 5.41) is 0.663. The molecule has 0 radical (unpaired) electrons. The highest BCUT2D eigenvalue weighted by atomic mass is 35.5. The largest absolute Gasteiger partial charge is 0.465 e. The van der Waals surface area contributed by atoms with E-state index < -0.39 is 5.97 Å². The van der Waals surface area contributed by atoms with Gasteiger partial charge in [-0.25, -0.2) is 0 Å². The summed E-state index contributed by atoms with van der Waals surface area (Å²) < 4.78 is 10.2. The van der Waals surface area contributed by atoms with Crippen LogP contribution < -0.4 is 4.74 Å². The Morgan fingerprint density at radius 3 is 2.22 bits per heavy atom. The molecule has 1 aromatic rings. The highest BCUT2D eigenvalue weighted by molar-refractivity contribution is 6.40. The summed E-state index contributed by atoms with van der Waals surface area (Å²) in [6, 6.07) is 2.87. The van der Waals surface area contributed by atoms with E-state index in [1.54, 1.807) is 0 Å². The molecule has 0 bridgehead atoms. The van der Waals surface area contributed by atoms with Crippen LogP contribution in [0.25, 0.3) is 0 Å². The van der Waals surface area contributed by atoms with Gasteiger partial charge in [-0.3, -0.25) is 9.59 Å². The molecule has 1 atom stereocenters. The third-order valence-corrected chi connectivity index (χ3v) is 3.95. The van der Waals surface area contributed by atoms with Crippen molar-refractivity contribution in [2.24, 2.45) is 5.92 Å². The summed E-state index contributed by atoms with van der Waals surface area (Å²) in [5.74, 6) is -0.438. The molecule has 0 N–H and O–H groups in total. The van der Waals surface area contributed by atoms with Crippen molar-refractivity contribution in [2.45, 2.75) is 39.5 Å². The number of esters is 2. The highest BCUT2D eigenvalue weighted by Crippen LogP contribution is 2.36. The lowest BCUT2D eigenvalue weighted by Crippen LogP contribution is -2.13. The highest BCUT2D eigenvalue weighted by Gasteiger charge is 2.14. The van der Waals surface area contributed by atoms with Crippen molar-refractivity contribution in [1.82, 2.24) is 0 Å². The zero-order valence-corrected chi connectivity index (χ0v) is 15.3. The summed E-state index contributed by atoms with van der Waals surface area (Å²) in [5.41, 5.74) is 0. The van der Waals surface area contributed by atoms with E-state index in [0.717, 1.165) is 6.42 Å². The summed E-state index contributed by atoms with van der Waals surface area (Å²) in [7, 11) is 0. The summed E-state index contributed by atoms with van der Waals surface area (Å²) in [6.07, 6.45) is 1.50. The fraction of sp³-hybridized carbons (Fsp3) is 0.500. The molecule has 0 fully saturated rings. The Morgan fingerprint density at radius 1 is 1.09 bits per heavy atom. The monoisotopic (exact) mass is 380 g/mol. The number of hydrogen-bond donors (Lipinski definition) is 0. The van der Waals surface area contributed by atoms with Gasteiger partial charge in [-0.05, 0) is 24.5 Å². The van der Waals surface area contributed by atoms with E-state index in [9.17, 15) is 9.59 Å². The molecule has 23 heavy (non-hydrogen) atoms. The molecule has 0 amide bonds. The molecule has 1 rings (SSSR count). The molecule has 0 aliphatic rings. The molecule has 1 unspecified atom stereocenters. The molecule has 1 aromatic carbocycles. The normalized spacial score (nSPS) is 11.9. The fourth-order valence-electron chi connectivity index (χ4n) is 1.59. The number of ether oxygens (including phenoxy) is 2. The average molecular weight is 382 g/mol. The van der Waals surface area contributed by atoms with Gasteiger partial charge < -0.3 is 9.47 Å². The van der Waals surface area contributed by atoms with Gasteiger partial charge in [0.1, 0.15) is 0 Å². The van der Waals surface area contributed by atoms with Crippen LogP contribution in [0.15, 0.2) is 12.1 Å². The Hall–Kier alpha value is -0.970. The van der Waals surface area contributed by atoms with Crippen LogP contribution >= 0.6 is 34.8 Å². The van der Waals surface area contributed by atoms with Gasteiger partial charge in [0.25, 0.3) is 0 Å². The quantitative estimate of drug-likeness (QED) is 0.452. The molecule has 0 aliphatic carbocycles. The van der Waals surface area contributed by atoms with Gasteiger partial charge >= 0.3 is 11.9 Å². The third-order valence-electron chi connectivity index (χ3n) is 3.17. The zero-order chi connectivity index (χ0) is 17.4. The van der Waals surface area contributed by atoms with Crippen molar-refractivity contribution in [3.05, 3.63) is 27.2 Å². The van der Waals surface area contributed by atoms with Gasteiger partial charge in [0.15, 0.2) is 5.75 Å². The van der Waals surface area contributed by atoms with E-state index >= 15 is 0 Å². The van der Waals surface area contributed by atoms with E-state index in [4.69, 9.17) is 44.3 Å². The predicted octanol–water partition coefficient (Wildman–Crippen LogP) is 5.31. The Balaban J connectivity index is 2.37. The first-order valence-corrected chi connectivity index (χ1v) is 8.47. The van der Waals surface area contributed by atoms with Crippen molar-refractivity contribution in [2.75, 3.05) is 6.61 Å². The fourth-order valence-corrected chi connectivity index (χ4v) is 2.49. The Bertz CT molecular complexity index is 537. The van der Waals surface area contributed by atoms with E-state index in [0.29, 0.717) is 24.0 Å². The first-order chi connectivity index (χ1) is 10.8. The predicted molar refractivity (Wildman–Crippen MR) is 91.4 cm³/mol. The maximum Gasteiger partial charge on any atom is 0.311 e. The van der Waals surface area contributed by atoms with Gasteiger partial charge in [-0.2, -0.15) is 0 Å². The molecule has 0 aliphatic heterocycles. The van der Waals surface area contributed by atoms with Crippen LogP contribution in [-0.2, 0) is 14.3 Å². The second-order valence-electron chi connectivity index (χ2n) is 5.22. The lowest BCUT2D eigenvalue weighted by molar-refractivity contribution is -0.145. The molecular formula is C16H19Cl3O4. The van der Waals surface area contributed by atoms with Crippen LogP contribution in [0.2, 0.25) is 15.1 Å². The van der Waals surface area contributed by atoms with Gasteiger partial charge in [0, 0.05) is 17.9 Å². The number of hydrogen-bond acceptors (Lipinski definition) is 4. The molecule has 128 valence electrons. The summed E-state index contributed by atoms with van der Waals surface area (Å²) in [6.45, 7) is 4.43. The summed E-state index contributed by atoms with van der Waals surface area (Å²) >= 11 is 17.6. The number of carbonyl (C=O) groups excluding carboxylic acids is 2. The number of carbonyl (C=O) groups is 2. The second kappa shape index (κ2) is 10.0. The topological polar surface area (TPSA) is 52.6 Å². The van der Waals surface area contributed by atoms with E-state index in [-0.39, 0.29) is 34.6 Å². The smallest absolute Gasteiger partial charge is 0.311 e. The van der Waals surface area contributed by atoms with Crippen LogP contribution in [-0.4, -0.2) is 18.5 Å². The Kier molecular flexibility index (Phi) is 8.74. The van der Waals surface area contributed by atoms with Crippen molar-refractivity contribution in [3.63, 3.8) is 0 Å². The Labute approximate surface area is 151 Å². The minimum absolute atomic E-state index is 0.0632. The molecule has 0 saturated carbocycles. The first kappa shape index (κ1) is 20.1. The standard InChI is InChI=1S/C16H19Cl3O4/c1-3-10(2)9-22-14(20)5-4-6-15(21)23-16-12(18)7-11(17)8-13(16)19/h7-8,10H,3-6,9H2,1-2H3. The SMILES string of the molecule is CCC(C)COC(=O)CCCC(=O)Oc1c(Cl)cc(Cl)cc1Cl. The average Bonchev–Trinajstić information content (AvgIpc) is 2.48. The van der Waals surface area contributed by atoms with Crippen molar-refractivity contribution >= 4 is 46.7 Å². The minimum atomic E-state index is -0.522. The Morgan fingerprint density at radius 2 is 1.65 bits per heavy atom. The van der Waals surface area contributed by atoms with Gasteiger partial charge in [0.2, 0.25) is 0 Å². The maximum absolute atomic E-state index is 11.8. The van der Waals surface area contributed by atoms with Crippen LogP contribution in [0.5, 0.6) is 5.75 Å². The van der Waals surface area contributed by atoms with Crippen molar-refractivity contribution in [1.29, 1.82) is 0 Å². The molecule has 0 aromatic heterocycles. The zero-order valence-electron chi connectivity index (χ0n) is 13.0. The molecule has 0 heterocycles. The minimum Gasteiger partial charge on any atom is -0.465 e. The van der Waals surface area contributed by atoms with E-state index in [2.05, 4.69) is 0 Å². The van der Waals surface area contributed by atoms with Crippen LogP contribution in [0, 0.1) is 5.92 Å². The van der Waals surface area contributed by atoms with Gasteiger partial charge in [-0.15, -0.1) is 0 Å². The molecule has 4 nitrogen and oxygen atoms in total.